The number of nitrogens with zero attached hydrogens (tertiary/aromatic N) is 1. The van der Waals surface area contributed by atoms with E-state index in [4.69, 9.17) is 4.74 Å². The molecule has 1 aromatic rings. The summed E-state index contributed by atoms with van der Waals surface area (Å²) in [5.74, 6) is 0.451. The number of halogens is 1. The second-order valence-corrected chi connectivity index (χ2v) is 5.28. The van der Waals surface area contributed by atoms with Gasteiger partial charge in [-0.1, -0.05) is 15.9 Å². The standard InChI is InChI=1S/C13H19BrN2O2/c1-9(16(2)3)8-15-13(17)11-6-5-10(14)7-12(11)18-4/h5-7,9H,8H2,1-4H3,(H,15,17). The summed E-state index contributed by atoms with van der Waals surface area (Å²) < 4.78 is 6.09. The van der Waals surface area contributed by atoms with Crippen LogP contribution in [0.4, 0.5) is 0 Å². The molecule has 1 atom stereocenters. The SMILES string of the molecule is COc1cc(Br)ccc1C(=O)NCC(C)N(C)C. The summed E-state index contributed by atoms with van der Waals surface area (Å²) in [4.78, 5) is 14.1. The Hall–Kier alpha value is -1.07. The predicted octanol–water partition coefficient (Wildman–Crippen LogP) is 2.14. The highest BCUT2D eigenvalue weighted by Gasteiger charge is 2.13. The predicted molar refractivity (Wildman–Crippen MR) is 76.2 cm³/mol. The highest BCUT2D eigenvalue weighted by Crippen LogP contribution is 2.23. The molecule has 0 fully saturated rings. The third-order valence-electron chi connectivity index (χ3n) is 2.85. The fourth-order valence-corrected chi connectivity index (χ4v) is 1.71. The summed E-state index contributed by atoms with van der Waals surface area (Å²) >= 11 is 3.35. The summed E-state index contributed by atoms with van der Waals surface area (Å²) in [6, 6.07) is 5.64. The lowest BCUT2D eigenvalue weighted by molar-refractivity contribution is 0.0940. The molecule has 5 heteroatoms. The lowest BCUT2D eigenvalue weighted by atomic mass is 10.2. The van der Waals surface area contributed by atoms with Gasteiger partial charge in [0.1, 0.15) is 5.75 Å². The molecule has 0 radical (unpaired) electrons. The fourth-order valence-electron chi connectivity index (χ4n) is 1.37. The van der Waals surface area contributed by atoms with Crippen molar-refractivity contribution >= 4 is 21.8 Å². The molecule has 1 N–H and O–H groups in total. The van der Waals surface area contributed by atoms with Crippen molar-refractivity contribution in [1.29, 1.82) is 0 Å². The number of carbonyl (C=O) groups excluding carboxylic acids is 1. The van der Waals surface area contributed by atoms with Gasteiger partial charge < -0.3 is 15.0 Å². The minimum absolute atomic E-state index is 0.118. The molecule has 0 bridgehead atoms. The van der Waals surface area contributed by atoms with Crippen LogP contribution in [-0.4, -0.2) is 44.6 Å². The first-order valence-electron chi connectivity index (χ1n) is 5.74. The van der Waals surface area contributed by atoms with Gasteiger partial charge in [-0.15, -0.1) is 0 Å². The lowest BCUT2D eigenvalue weighted by Crippen LogP contribution is -2.38. The quantitative estimate of drug-likeness (QED) is 0.905. The van der Waals surface area contributed by atoms with Crippen LogP contribution in [-0.2, 0) is 0 Å². The Morgan fingerprint density at radius 3 is 2.72 bits per heavy atom. The Bertz CT molecular complexity index is 421. The zero-order chi connectivity index (χ0) is 13.7. The summed E-state index contributed by atoms with van der Waals surface area (Å²) in [7, 11) is 5.52. The molecule has 4 nitrogen and oxygen atoms in total. The lowest BCUT2D eigenvalue weighted by Gasteiger charge is -2.20. The summed E-state index contributed by atoms with van der Waals surface area (Å²) in [5.41, 5.74) is 0.548. The van der Waals surface area contributed by atoms with Crippen LogP contribution in [0.25, 0.3) is 0 Å². The number of methoxy groups -OCH3 is 1. The number of carbonyl (C=O) groups is 1. The molecular weight excluding hydrogens is 296 g/mol. The minimum Gasteiger partial charge on any atom is -0.496 e. The van der Waals surface area contributed by atoms with E-state index in [-0.39, 0.29) is 11.9 Å². The van der Waals surface area contributed by atoms with E-state index in [2.05, 4.69) is 33.1 Å². The van der Waals surface area contributed by atoms with E-state index in [0.29, 0.717) is 17.9 Å². The number of likely N-dealkylation sites (N-methyl/N-ethyl adjacent to an activating group) is 1. The third-order valence-corrected chi connectivity index (χ3v) is 3.34. The largest absolute Gasteiger partial charge is 0.496 e. The molecule has 1 rings (SSSR count). The van der Waals surface area contributed by atoms with Crippen molar-refractivity contribution in [2.75, 3.05) is 27.7 Å². The normalized spacial score (nSPS) is 12.3. The minimum atomic E-state index is -0.118. The molecule has 18 heavy (non-hydrogen) atoms. The molecule has 0 heterocycles. The zero-order valence-electron chi connectivity index (χ0n) is 11.2. The van der Waals surface area contributed by atoms with Crippen molar-refractivity contribution in [2.45, 2.75) is 13.0 Å². The van der Waals surface area contributed by atoms with Gasteiger partial charge in [-0.25, -0.2) is 0 Å². The van der Waals surface area contributed by atoms with Crippen LogP contribution in [0.5, 0.6) is 5.75 Å². The summed E-state index contributed by atoms with van der Waals surface area (Å²) in [6.45, 7) is 2.66. The van der Waals surface area contributed by atoms with Crippen molar-refractivity contribution in [3.05, 3.63) is 28.2 Å². The Labute approximate surface area is 116 Å². The molecule has 0 spiro atoms. The number of ether oxygens (including phenoxy) is 1. The van der Waals surface area contributed by atoms with Crippen LogP contribution in [0.3, 0.4) is 0 Å². The second-order valence-electron chi connectivity index (χ2n) is 4.37. The van der Waals surface area contributed by atoms with Gasteiger partial charge in [0.2, 0.25) is 0 Å². The van der Waals surface area contributed by atoms with E-state index in [1.807, 2.05) is 20.2 Å². The van der Waals surface area contributed by atoms with Crippen molar-refractivity contribution in [2.24, 2.45) is 0 Å². The Morgan fingerprint density at radius 2 is 2.17 bits per heavy atom. The molecule has 100 valence electrons. The fraction of sp³-hybridized carbons (Fsp3) is 0.462. The number of amides is 1. The molecule has 1 unspecified atom stereocenters. The van der Waals surface area contributed by atoms with Crippen molar-refractivity contribution in [3.8, 4) is 5.75 Å². The van der Waals surface area contributed by atoms with Crippen LogP contribution in [0, 0.1) is 0 Å². The van der Waals surface area contributed by atoms with Gasteiger partial charge in [0, 0.05) is 17.1 Å². The van der Waals surface area contributed by atoms with E-state index < -0.39 is 0 Å². The van der Waals surface area contributed by atoms with Crippen LogP contribution in [0.2, 0.25) is 0 Å². The molecule has 0 saturated heterocycles. The van der Waals surface area contributed by atoms with Gasteiger partial charge >= 0.3 is 0 Å². The third kappa shape index (κ3) is 3.99. The smallest absolute Gasteiger partial charge is 0.255 e. The van der Waals surface area contributed by atoms with E-state index in [1.54, 1.807) is 19.2 Å². The number of rotatable bonds is 5. The Kier molecular flexibility index (Phi) is 5.62. The van der Waals surface area contributed by atoms with Gasteiger partial charge in [-0.2, -0.15) is 0 Å². The van der Waals surface area contributed by atoms with Gasteiger partial charge in [0.25, 0.3) is 5.91 Å². The molecule has 1 amide bonds. The molecule has 0 aliphatic rings. The van der Waals surface area contributed by atoms with Crippen molar-refractivity contribution < 1.29 is 9.53 Å². The molecule has 0 aliphatic carbocycles. The first kappa shape index (κ1) is 15.0. The van der Waals surface area contributed by atoms with Gasteiger partial charge in [0.15, 0.2) is 0 Å². The van der Waals surface area contributed by atoms with Gasteiger partial charge in [-0.3, -0.25) is 4.79 Å². The number of nitrogens with one attached hydrogen (secondary N) is 1. The van der Waals surface area contributed by atoms with E-state index in [1.165, 1.54) is 0 Å². The zero-order valence-corrected chi connectivity index (χ0v) is 12.7. The topological polar surface area (TPSA) is 41.6 Å². The maximum atomic E-state index is 12.0. The monoisotopic (exact) mass is 314 g/mol. The van der Waals surface area contributed by atoms with Gasteiger partial charge in [0.05, 0.1) is 12.7 Å². The summed E-state index contributed by atoms with van der Waals surface area (Å²) in [5, 5.41) is 2.90. The number of hydrogen-bond donors (Lipinski definition) is 1. The first-order valence-corrected chi connectivity index (χ1v) is 6.53. The highest BCUT2D eigenvalue weighted by molar-refractivity contribution is 9.10. The molecule has 0 aliphatic heterocycles. The van der Waals surface area contributed by atoms with Crippen molar-refractivity contribution in [3.63, 3.8) is 0 Å². The number of benzene rings is 1. The summed E-state index contributed by atoms with van der Waals surface area (Å²) in [6.07, 6.45) is 0. The van der Waals surface area contributed by atoms with E-state index in [9.17, 15) is 4.79 Å². The average molecular weight is 315 g/mol. The van der Waals surface area contributed by atoms with Crippen LogP contribution >= 0.6 is 15.9 Å². The van der Waals surface area contributed by atoms with Crippen molar-refractivity contribution in [1.82, 2.24) is 10.2 Å². The maximum absolute atomic E-state index is 12.0. The maximum Gasteiger partial charge on any atom is 0.255 e. The number of hydrogen-bond acceptors (Lipinski definition) is 3. The second kappa shape index (κ2) is 6.75. The van der Waals surface area contributed by atoms with Crippen LogP contribution < -0.4 is 10.1 Å². The van der Waals surface area contributed by atoms with Crippen LogP contribution in [0.15, 0.2) is 22.7 Å². The molecule has 1 aromatic carbocycles. The molecule has 0 saturated carbocycles. The average Bonchev–Trinajstić information content (AvgIpc) is 2.34. The van der Waals surface area contributed by atoms with Crippen LogP contribution in [0.1, 0.15) is 17.3 Å². The van der Waals surface area contributed by atoms with Gasteiger partial charge in [-0.05, 0) is 39.2 Å². The first-order chi connectivity index (χ1) is 8.45. The Morgan fingerprint density at radius 1 is 1.50 bits per heavy atom. The Balaban J connectivity index is 2.72. The highest BCUT2D eigenvalue weighted by atomic mass is 79.9. The molecular formula is C13H19BrN2O2. The van der Waals surface area contributed by atoms with E-state index >= 15 is 0 Å². The van der Waals surface area contributed by atoms with E-state index in [0.717, 1.165) is 4.47 Å². The molecule has 0 aromatic heterocycles.